The van der Waals surface area contributed by atoms with Gasteiger partial charge in [-0.25, -0.2) is 4.39 Å². The third-order valence-electron chi connectivity index (χ3n) is 2.65. The van der Waals surface area contributed by atoms with Crippen molar-refractivity contribution < 1.29 is 9.50 Å². The molecule has 1 atom stereocenters. The second-order valence-electron chi connectivity index (χ2n) is 3.90. The fourth-order valence-electron chi connectivity index (χ4n) is 1.73. The lowest BCUT2D eigenvalue weighted by atomic mass is 10.0. The maximum Gasteiger partial charge on any atom is 0.142 e. The molecule has 1 heterocycles. The van der Waals surface area contributed by atoms with E-state index in [-0.39, 0.29) is 5.02 Å². The zero-order valence-corrected chi connectivity index (χ0v) is 10.9. The quantitative estimate of drug-likeness (QED) is 0.889. The summed E-state index contributed by atoms with van der Waals surface area (Å²) in [5, 5.41) is 12.1. The number of hydrogen-bond acceptors (Lipinski definition) is 2. The van der Waals surface area contributed by atoms with Crippen molar-refractivity contribution in [3.05, 3.63) is 56.5 Å². The molecule has 4 heteroatoms. The second kappa shape index (κ2) is 5.17. The summed E-state index contributed by atoms with van der Waals surface area (Å²) < 4.78 is 13.2. The van der Waals surface area contributed by atoms with E-state index < -0.39 is 11.9 Å². The maximum absolute atomic E-state index is 13.2. The number of benzene rings is 1. The van der Waals surface area contributed by atoms with Crippen LogP contribution >= 0.6 is 22.9 Å². The molecule has 1 nitrogen and oxygen atoms in total. The van der Waals surface area contributed by atoms with Gasteiger partial charge in [-0.1, -0.05) is 23.7 Å². The van der Waals surface area contributed by atoms with E-state index in [9.17, 15) is 9.50 Å². The molecule has 17 heavy (non-hydrogen) atoms. The zero-order chi connectivity index (χ0) is 12.4. The topological polar surface area (TPSA) is 20.2 Å². The van der Waals surface area contributed by atoms with Crippen LogP contribution in [-0.4, -0.2) is 5.11 Å². The lowest BCUT2D eigenvalue weighted by molar-refractivity contribution is 0.181. The monoisotopic (exact) mass is 270 g/mol. The van der Waals surface area contributed by atoms with Crippen molar-refractivity contribution in [3.8, 4) is 0 Å². The van der Waals surface area contributed by atoms with Crippen LogP contribution in [0.5, 0.6) is 0 Å². The van der Waals surface area contributed by atoms with Gasteiger partial charge in [-0.05, 0) is 35.6 Å². The summed E-state index contributed by atoms with van der Waals surface area (Å²) in [6.45, 7) is 1.95. The molecule has 0 aliphatic heterocycles. The van der Waals surface area contributed by atoms with Crippen LogP contribution in [0.4, 0.5) is 4.39 Å². The Morgan fingerprint density at radius 1 is 1.41 bits per heavy atom. The number of aliphatic hydroxyl groups is 1. The van der Waals surface area contributed by atoms with Crippen LogP contribution in [-0.2, 0) is 6.42 Å². The van der Waals surface area contributed by atoms with Gasteiger partial charge in [-0.3, -0.25) is 0 Å². The van der Waals surface area contributed by atoms with Crippen LogP contribution in [0.1, 0.15) is 22.1 Å². The highest BCUT2D eigenvalue weighted by Gasteiger charge is 2.15. The number of halogens is 2. The summed E-state index contributed by atoms with van der Waals surface area (Å²) in [6.07, 6.45) is -0.299. The van der Waals surface area contributed by atoms with E-state index in [2.05, 4.69) is 0 Å². The predicted octanol–water partition coefficient (Wildman–Crippen LogP) is 4.13. The van der Waals surface area contributed by atoms with Crippen molar-refractivity contribution in [3.63, 3.8) is 0 Å². The number of thiophene rings is 1. The molecule has 2 rings (SSSR count). The van der Waals surface area contributed by atoms with E-state index in [4.69, 9.17) is 11.6 Å². The molecule has 0 amide bonds. The second-order valence-corrected chi connectivity index (χ2v) is 5.23. The van der Waals surface area contributed by atoms with Crippen LogP contribution in [0.15, 0.2) is 29.6 Å². The molecule has 1 aromatic heterocycles. The molecular formula is C13H12ClFOS. The van der Waals surface area contributed by atoms with Gasteiger partial charge in [0, 0.05) is 11.3 Å². The normalized spacial score (nSPS) is 12.7. The van der Waals surface area contributed by atoms with E-state index in [1.807, 2.05) is 18.4 Å². The van der Waals surface area contributed by atoms with Gasteiger partial charge in [0.2, 0.25) is 0 Å². The Morgan fingerprint density at radius 2 is 2.18 bits per heavy atom. The van der Waals surface area contributed by atoms with Crippen molar-refractivity contribution in [2.45, 2.75) is 19.4 Å². The highest BCUT2D eigenvalue weighted by Crippen LogP contribution is 2.29. The molecule has 0 spiro atoms. The highest BCUT2D eigenvalue weighted by atomic mass is 35.5. The van der Waals surface area contributed by atoms with Gasteiger partial charge < -0.3 is 5.11 Å². The first-order chi connectivity index (χ1) is 8.09. The first kappa shape index (κ1) is 12.6. The SMILES string of the molecule is Cc1ccsc1C(O)Cc1cccc(F)c1Cl. The summed E-state index contributed by atoms with van der Waals surface area (Å²) >= 11 is 7.36. The zero-order valence-electron chi connectivity index (χ0n) is 9.28. The van der Waals surface area contributed by atoms with Crippen LogP contribution in [0, 0.1) is 12.7 Å². The van der Waals surface area contributed by atoms with Crippen molar-refractivity contribution in [2.75, 3.05) is 0 Å². The van der Waals surface area contributed by atoms with Gasteiger partial charge in [-0.2, -0.15) is 0 Å². The van der Waals surface area contributed by atoms with Crippen molar-refractivity contribution in [1.29, 1.82) is 0 Å². The lowest BCUT2D eigenvalue weighted by Crippen LogP contribution is -2.02. The molecule has 1 aromatic carbocycles. The minimum atomic E-state index is -0.630. The molecule has 90 valence electrons. The van der Waals surface area contributed by atoms with Gasteiger partial charge in [0.15, 0.2) is 0 Å². The van der Waals surface area contributed by atoms with E-state index in [0.29, 0.717) is 12.0 Å². The first-order valence-corrected chi connectivity index (χ1v) is 6.50. The number of aliphatic hydroxyl groups excluding tert-OH is 1. The third kappa shape index (κ3) is 2.68. The molecule has 0 radical (unpaired) electrons. The summed E-state index contributed by atoms with van der Waals surface area (Å²) in [6, 6.07) is 6.60. The van der Waals surface area contributed by atoms with Crippen LogP contribution in [0.2, 0.25) is 5.02 Å². The van der Waals surface area contributed by atoms with E-state index in [1.165, 1.54) is 17.4 Å². The Labute approximate surface area is 108 Å². The average molecular weight is 271 g/mol. The van der Waals surface area contributed by atoms with E-state index in [0.717, 1.165) is 10.4 Å². The van der Waals surface area contributed by atoms with Crippen molar-refractivity contribution in [2.24, 2.45) is 0 Å². The first-order valence-electron chi connectivity index (χ1n) is 5.24. The van der Waals surface area contributed by atoms with Crippen LogP contribution in [0.25, 0.3) is 0 Å². The molecular weight excluding hydrogens is 259 g/mol. The fraction of sp³-hybridized carbons (Fsp3) is 0.231. The Hall–Kier alpha value is -0.900. The van der Waals surface area contributed by atoms with Gasteiger partial charge in [0.25, 0.3) is 0 Å². The number of hydrogen-bond donors (Lipinski definition) is 1. The molecule has 0 aliphatic carbocycles. The summed E-state index contributed by atoms with van der Waals surface area (Å²) in [7, 11) is 0. The standard InChI is InChI=1S/C13H12ClFOS/c1-8-5-6-17-13(8)11(16)7-9-3-2-4-10(15)12(9)14/h2-6,11,16H,7H2,1H3. The van der Waals surface area contributed by atoms with Crippen molar-refractivity contribution >= 4 is 22.9 Å². The Kier molecular flexibility index (Phi) is 3.82. The largest absolute Gasteiger partial charge is 0.387 e. The maximum atomic E-state index is 13.2. The van der Waals surface area contributed by atoms with E-state index in [1.54, 1.807) is 12.1 Å². The predicted molar refractivity (Wildman–Crippen MR) is 69.1 cm³/mol. The highest BCUT2D eigenvalue weighted by molar-refractivity contribution is 7.10. The van der Waals surface area contributed by atoms with E-state index >= 15 is 0 Å². The molecule has 0 saturated carbocycles. The van der Waals surface area contributed by atoms with Gasteiger partial charge in [-0.15, -0.1) is 11.3 Å². The molecule has 0 saturated heterocycles. The average Bonchev–Trinajstić information content (AvgIpc) is 2.71. The Bertz CT molecular complexity index is 524. The van der Waals surface area contributed by atoms with Gasteiger partial charge in [0.05, 0.1) is 11.1 Å². The molecule has 0 aliphatic rings. The smallest absolute Gasteiger partial charge is 0.142 e. The molecule has 0 bridgehead atoms. The summed E-state index contributed by atoms with van der Waals surface area (Å²) in [5.41, 5.74) is 1.68. The Balaban J connectivity index is 2.22. The van der Waals surface area contributed by atoms with Gasteiger partial charge >= 0.3 is 0 Å². The molecule has 2 aromatic rings. The lowest BCUT2D eigenvalue weighted by Gasteiger charge is -2.11. The molecule has 1 unspecified atom stereocenters. The fourth-order valence-corrected chi connectivity index (χ4v) is 2.85. The minimum Gasteiger partial charge on any atom is -0.387 e. The molecule has 1 N–H and O–H groups in total. The number of rotatable bonds is 3. The van der Waals surface area contributed by atoms with Crippen molar-refractivity contribution in [1.82, 2.24) is 0 Å². The summed E-state index contributed by atoms with van der Waals surface area (Å²) in [4.78, 5) is 0.908. The van der Waals surface area contributed by atoms with Crippen LogP contribution < -0.4 is 0 Å². The van der Waals surface area contributed by atoms with Crippen LogP contribution in [0.3, 0.4) is 0 Å². The number of aryl methyl sites for hydroxylation is 1. The minimum absolute atomic E-state index is 0.0979. The molecule has 0 fully saturated rings. The Morgan fingerprint density at radius 3 is 2.82 bits per heavy atom. The summed E-state index contributed by atoms with van der Waals surface area (Å²) in [5.74, 6) is -0.445. The third-order valence-corrected chi connectivity index (χ3v) is 4.19. The van der Waals surface area contributed by atoms with Gasteiger partial charge in [0.1, 0.15) is 5.82 Å².